The van der Waals surface area contributed by atoms with Crippen LogP contribution in [0.25, 0.3) is 0 Å². The third-order valence-electron chi connectivity index (χ3n) is 6.80. The largest absolute Gasteiger partial charge is 0.505 e. The lowest BCUT2D eigenvalue weighted by molar-refractivity contribution is 0.0961. The first kappa shape index (κ1) is 27.7. The fourth-order valence-electron chi connectivity index (χ4n) is 4.71. The maximum absolute atomic E-state index is 13.5. The predicted octanol–water partition coefficient (Wildman–Crippen LogP) is 4.00. The summed E-state index contributed by atoms with van der Waals surface area (Å²) in [6.07, 6.45) is 1.81. The van der Waals surface area contributed by atoms with Crippen molar-refractivity contribution < 1.29 is 23.1 Å². The minimum absolute atomic E-state index is 0.0119. The Morgan fingerprint density at radius 2 is 1.86 bits per heavy atom. The van der Waals surface area contributed by atoms with Gasteiger partial charge in [-0.3, -0.25) is 14.5 Å². The van der Waals surface area contributed by atoms with Crippen LogP contribution >= 0.6 is 0 Å². The summed E-state index contributed by atoms with van der Waals surface area (Å²) in [7, 11) is -0.655. The highest BCUT2D eigenvalue weighted by Gasteiger charge is 2.39. The minimum atomic E-state index is -3.66. The predicted molar refractivity (Wildman–Crippen MR) is 143 cm³/mol. The van der Waals surface area contributed by atoms with Crippen LogP contribution in [0.15, 0.2) is 42.5 Å². The molecule has 0 unspecified atom stereocenters. The number of methoxy groups -OCH3 is 1. The van der Waals surface area contributed by atoms with Gasteiger partial charge in [-0.2, -0.15) is 0 Å². The Balaban J connectivity index is 1.96. The van der Waals surface area contributed by atoms with Crippen LogP contribution in [0.3, 0.4) is 0 Å². The molecule has 0 spiro atoms. The molecule has 0 bridgehead atoms. The summed E-state index contributed by atoms with van der Waals surface area (Å²) in [5.74, 6) is -0.0215. The van der Waals surface area contributed by atoms with Crippen LogP contribution < -0.4 is 4.31 Å². The first-order chi connectivity index (χ1) is 16.8. The summed E-state index contributed by atoms with van der Waals surface area (Å²) in [5.41, 5.74) is 1.35. The molecule has 196 valence electrons. The van der Waals surface area contributed by atoms with E-state index in [4.69, 9.17) is 10.1 Å². The Labute approximate surface area is 214 Å². The second-order valence-corrected chi connectivity index (χ2v) is 12.5. The van der Waals surface area contributed by atoms with E-state index < -0.39 is 15.4 Å². The second kappa shape index (κ2) is 10.6. The van der Waals surface area contributed by atoms with Crippen molar-refractivity contribution in [2.24, 2.45) is 5.92 Å². The molecule has 0 amide bonds. The molecule has 0 radical (unpaired) electrons. The van der Waals surface area contributed by atoms with Crippen molar-refractivity contribution >= 4 is 27.3 Å². The molecule has 0 aliphatic carbocycles. The fraction of sp³-hybridized carbons (Fsp3) is 0.481. The molecule has 1 heterocycles. The monoisotopic (exact) mass is 515 g/mol. The van der Waals surface area contributed by atoms with Crippen LogP contribution in [-0.4, -0.2) is 70.2 Å². The molecule has 36 heavy (non-hydrogen) atoms. The van der Waals surface area contributed by atoms with Gasteiger partial charge in [-0.15, -0.1) is 0 Å². The van der Waals surface area contributed by atoms with E-state index >= 15 is 0 Å². The van der Waals surface area contributed by atoms with Gasteiger partial charge in [0.2, 0.25) is 10.0 Å². The van der Waals surface area contributed by atoms with E-state index in [0.29, 0.717) is 30.1 Å². The van der Waals surface area contributed by atoms with Crippen molar-refractivity contribution in [2.45, 2.75) is 38.5 Å². The zero-order valence-electron chi connectivity index (χ0n) is 21.9. The van der Waals surface area contributed by atoms with Crippen LogP contribution in [0, 0.1) is 11.3 Å². The number of nitrogens with zero attached hydrogens (tertiary/aromatic N) is 2. The lowest BCUT2D eigenvalue weighted by Crippen LogP contribution is -2.32. The number of carbonyl (C=O) groups is 1. The highest BCUT2D eigenvalue weighted by Crippen LogP contribution is 2.40. The number of benzene rings is 2. The van der Waals surface area contributed by atoms with Crippen molar-refractivity contribution in [3.8, 4) is 5.75 Å². The number of rotatable bonds is 9. The van der Waals surface area contributed by atoms with Crippen molar-refractivity contribution in [3.63, 3.8) is 0 Å². The van der Waals surface area contributed by atoms with E-state index in [1.807, 2.05) is 51.1 Å². The average Bonchev–Trinajstić information content (AvgIpc) is 3.11. The molecule has 0 aromatic heterocycles. The molecule has 2 aromatic rings. The molecule has 2 aromatic carbocycles. The van der Waals surface area contributed by atoms with Crippen LogP contribution in [-0.2, 0) is 20.2 Å². The van der Waals surface area contributed by atoms with Crippen LogP contribution in [0.2, 0.25) is 0 Å². The van der Waals surface area contributed by atoms with E-state index in [1.54, 1.807) is 18.1 Å². The summed E-state index contributed by atoms with van der Waals surface area (Å²) in [6.45, 7) is 6.78. The van der Waals surface area contributed by atoms with Gasteiger partial charge >= 0.3 is 0 Å². The number of amidine groups is 1. The van der Waals surface area contributed by atoms with Crippen molar-refractivity contribution in [2.75, 3.05) is 44.4 Å². The molecule has 9 heteroatoms. The first-order valence-corrected chi connectivity index (χ1v) is 13.8. The quantitative estimate of drug-likeness (QED) is 0.489. The molecular weight excluding hydrogens is 478 g/mol. The second-order valence-electron chi connectivity index (χ2n) is 10.5. The molecule has 1 aliphatic rings. The number of carbonyl (C=O) groups excluding carboxylic acids is 1. The zero-order valence-corrected chi connectivity index (χ0v) is 22.7. The Hall–Kier alpha value is -2.91. The SMILES string of the molecule is COCC[C@H]1CN(CC(=O)c2cc(N(C)S(C)(=O)=O)c(O)c(C(C)(C)C)c2)C(=N)[C@@H]1c1ccccc1. The van der Waals surface area contributed by atoms with Crippen LogP contribution in [0.5, 0.6) is 5.75 Å². The topological polar surface area (TPSA) is 111 Å². The summed E-state index contributed by atoms with van der Waals surface area (Å²) >= 11 is 0. The smallest absolute Gasteiger partial charge is 0.232 e. The van der Waals surface area contributed by atoms with E-state index in [-0.39, 0.29) is 35.6 Å². The van der Waals surface area contributed by atoms with E-state index in [1.165, 1.54) is 13.1 Å². The number of phenols is 1. The number of ketones is 1. The highest BCUT2D eigenvalue weighted by molar-refractivity contribution is 7.92. The molecule has 8 nitrogen and oxygen atoms in total. The number of aromatic hydroxyl groups is 1. The third-order valence-corrected chi connectivity index (χ3v) is 8.00. The van der Waals surface area contributed by atoms with Gasteiger partial charge in [0, 0.05) is 44.4 Å². The van der Waals surface area contributed by atoms with E-state index in [9.17, 15) is 18.3 Å². The van der Waals surface area contributed by atoms with Gasteiger partial charge in [0.15, 0.2) is 5.78 Å². The summed E-state index contributed by atoms with van der Waals surface area (Å²) in [4.78, 5) is 15.3. The normalized spacial score (nSPS) is 18.5. The number of hydrogen-bond donors (Lipinski definition) is 2. The maximum atomic E-state index is 13.5. The lowest BCUT2D eigenvalue weighted by atomic mass is 9.84. The van der Waals surface area contributed by atoms with E-state index in [2.05, 4.69) is 0 Å². The number of ether oxygens (including phenoxy) is 1. The van der Waals surface area contributed by atoms with Gasteiger partial charge in [0.1, 0.15) is 11.6 Å². The highest BCUT2D eigenvalue weighted by atomic mass is 32.2. The number of phenolic OH excluding ortho intramolecular Hbond substituents is 1. The number of nitrogens with one attached hydrogen (secondary N) is 1. The molecule has 1 fully saturated rings. The average molecular weight is 516 g/mol. The number of Topliss-reactive ketones (excluding diaryl/α,β-unsaturated/α-hetero) is 1. The first-order valence-electron chi connectivity index (χ1n) is 12.0. The van der Waals surface area contributed by atoms with Gasteiger partial charge in [-0.1, -0.05) is 51.1 Å². The van der Waals surface area contributed by atoms with Gasteiger partial charge in [0.25, 0.3) is 0 Å². The van der Waals surface area contributed by atoms with Gasteiger partial charge in [0.05, 0.1) is 18.5 Å². The summed E-state index contributed by atoms with van der Waals surface area (Å²) in [6, 6.07) is 12.9. The van der Waals surface area contributed by atoms with Crippen molar-refractivity contribution in [1.82, 2.24) is 4.90 Å². The Morgan fingerprint density at radius 1 is 1.22 bits per heavy atom. The van der Waals surface area contributed by atoms with Crippen molar-refractivity contribution in [1.29, 1.82) is 5.41 Å². The lowest BCUT2D eigenvalue weighted by Gasteiger charge is -2.27. The summed E-state index contributed by atoms with van der Waals surface area (Å²) in [5, 5.41) is 19.8. The molecule has 1 saturated heterocycles. The van der Waals surface area contributed by atoms with Crippen LogP contribution in [0.4, 0.5) is 5.69 Å². The number of sulfonamides is 1. The van der Waals surface area contributed by atoms with E-state index in [0.717, 1.165) is 22.5 Å². The molecular formula is C27H37N3O5S. The van der Waals surface area contributed by atoms with Crippen molar-refractivity contribution in [3.05, 3.63) is 59.2 Å². The fourth-order valence-corrected chi connectivity index (χ4v) is 5.21. The van der Waals surface area contributed by atoms with Gasteiger partial charge in [-0.05, 0) is 35.4 Å². The molecule has 3 rings (SSSR count). The maximum Gasteiger partial charge on any atom is 0.232 e. The number of hydrogen-bond acceptors (Lipinski definition) is 6. The number of anilines is 1. The zero-order chi connectivity index (χ0) is 26.8. The summed E-state index contributed by atoms with van der Waals surface area (Å²) < 4.78 is 30.7. The van der Waals surface area contributed by atoms with Gasteiger partial charge < -0.3 is 14.7 Å². The Bertz CT molecular complexity index is 1220. The van der Waals surface area contributed by atoms with Crippen LogP contribution in [0.1, 0.15) is 54.6 Å². The minimum Gasteiger partial charge on any atom is -0.505 e. The molecule has 0 saturated carbocycles. The molecule has 1 aliphatic heterocycles. The molecule has 2 atom stereocenters. The standard InChI is InChI=1S/C27H37N3O5S/c1-27(2,3)21-14-20(15-22(25(21)32)29(4)36(6,33)34)23(31)17-30-16-19(12-13-35-5)24(26(30)28)18-10-8-7-9-11-18/h7-11,14-15,19,24,28,32H,12-13,16-17H2,1-6H3/t19-,24+/m0/s1. The van der Waals surface area contributed by atoms with Gasteiger partial charge in [-0.25, -0.2) is 8.42 Å². The number of likely N-dealkylation sites (tertiary alicyclic amines) is 1. The Kier molecular flexibility index (Phi) is 8.15. The molecule has 2 N–H and O–H groups in total. The third kappa shape index (κ3) is 5.90. The Morgan fingerprint density at radius 3 is 2.42 bits per heavy atom.